The van der Waals surface area contributed by atoms with Gasteiger partial charge in [0.25, 0.3) is 0 Å². The molecule has 0 saturated heterocycles. The van der Waals surface area contributed by atoms with Crippen molar-refractivity contribution in [3.63, 3.8) is 0 Å². The molecule has 4 heteroatoms. The van der Waals surface area contributed by atoms with Crippen molar-refractivity contribution in [2.75, 3.05) is 19.7 Å². The molecule has 0 aromatic rings. The zero-order valence-corrected chi connectivity index (χ0v) is 14.1. The van der Waals surface area contributed by atoms with Crippen molar-refractivity contribution in [2.45, 2.75) is 78.3 Å². The van der Waals surface area contributed by atoms with E-state index in [9.17, 15) is 4.79 Å². The first kappa shape index (κ1) is 19.4. The molecule has 0 aliphatic carbocycles. The number of carbonyl (C=O) groups excluding carboxylic acids is 1. The molecule has 0 aromatic heterocycles. The molecule has 0 fully saturated rings. The van der Waals surface area contributed by atoms with Crippen molar-refractivity contribution >= 4 is 5.97 Å². The molecule has 2 atom stereocenters. The van der Waals surface area contributed by atoms with Crippen molar-refractivity contribution in [3.8, 4) is 0 Å². The highest BCUT2D eigenvalue weighted by Gasteiger charge is 2.29. The average Bonchev–Trinajstić information content (AvgIpc) is 2.41. The fourth-order valence-corrected chi connectivity index (χ4v) is 2.22. The highest BCUT2D eigenvalue weighted by molar-refractivity contribution is 5.79. The van der Waals surface area contributed by atoms with Gasteiger partial charge >= 0.3 is 5.97 Å². The molecule has 2 N–H and O–H groups in total. The summed E-state index contributed by atoms with van der Waals surface area (Å²) in [6.45, 7) is 12.8. The van der Waals surface area contributed by atoms with E-state index in [0.29, 0.717) is 19.1 Å². The van der Waals surface area contributed by atoms with E-state index in [1.54, 1.807) is 6.92 Å². The van der Waals surface area contributed by atoms with Crippen molar-refractivity contribution < 1.29 is 9.53 Å². The number of rotatable bonds is 11. The maximum Gasteiger partial charge on any atom is 0.325 e. The van der Waals surface area contributed by atoms with E-state index >= 15 is 0 Å². The van der Waals surface area contributed by atoms with Crippen molar-refractivity contribution in [1.29, 1.82) is 0 Å². The molecule has 4 nitrogen and oxygen atoms in total. The second-order valence-corrected chi connectivity index (χ2v) is 5.89. The Morgan fingerprint density at radius 1 is 1.25 bits per heavy atom. The number of hydrogen-bond donors (Lipinski definition) is 1. The summed E-state index contributed by atoms with van der Waals surface area (Å²) in [5, 5.41) is 0. The number of esters is 1. The van der Waals surface area contributed by atoms with E-state index < -0.39 is 5.54 Å². The van der Waals surface area contributed by atoms with E-state index in [0.717, 1.165) is 25.9 Å². The molecule has 0 rings (SSSR count). The lowest BCUT2D eigenvalue weighted by molar-refractivity contribution is -0.149. The van der Waals surface area contributed by atoms with Gasteiger partial charge in [-0.25, -0.2) is 0 Å². The highest BCUT2D eigenvalue weighted by atomic mass is 16.5. The largest absolute Gasteiger partial charge is 0.465 e. The van der Waals surface area contributed by atoms with Crippen LogP contribution in [0.25, 0.3) is 0 Å². The average molecular weight is 286 g/mol. The molecule has 0 heterocycles. The van der Waals surface area contributed by atoms with E-state index in [1.807, 2.05) is 6.92 Å². The van der Waals surface area contributed by atoms with Crippen molar-refractivity contribution in [2.24, 2.45) is 5.73 Å². The first-order chi connectivity index (χ1) is 9.38. The summed E-state index contributed by atoms with van der Waals surface area (Å²) in [6, 6.07) is 0.591. The topological polar surface area (TPSA) is 55.6 Å². The number of carbonyl (C=O) groups is 1. The number of nitrogens with two attached hydrogens (primary N) is 1. The van der Waals surface area contributed by atoms with Crippen LogP contribution in [0.5, 0.6) is 0 Å². The Labute approximate surface area is 125 Å². The maximum absolute atomic E-state index is 11.7. The Morgan fingerprint density at radius 3 is 2.35 bits per heavy atom. The minimum atomic E-state index is -0.859. The van der Waals surface area contributed by atoms with Gasteiger partial charge in [-0.1, -0.05) is 20.3 Å². The van der Waals surface area contributed by atoms with Gasteiger partial charge in [0, 0.05) is 6.04 Å². The van der Waals surface area contributed by atoms with E-state index in [2.05, 4.69) is 25.7 Å². The number of unbranched alkanes of at least 4 members (excludes halogenated alkanes) is 1. The van der Waals surface area contributed by atoms with Gasteiger partial charge in [0.1, 0.15) is 5.54 Å². The van der Waals surface area contributed by atoms with E-state index in [4.69, 9.17) is 10.5 Å². The van der Waals surface area contributed by atoms with Crippen LogP contribution < -0.4 is 5.73 Å². The third-order valence-corrected chi connectivity index (χ3v) is 3.90. The summed E-state index contributed by atoms with van der Waals surface area (Å²) in [5.41, 5.74) is 5.19. The summed E-state index contributed by atoms with van der Waals surface area (Å²) in [4.78, 5) is 14.2. The second kappa shape index (κ2) is 10.2. The normalized spacial score (nSPS) is 15.9. The molecule has 2 unspecified atom stereocenters. The zero-order chi connectivity index (χ0) is 15.6. The molecule has 0 aromatic carbocycles. The Morgan fingerprint density at radius 2 is 1.85 bits per heavy atom. The quantitative estimate of drug-likeness (QED) is 0.593. The summed E-state index contributed by atoms with van der Waals surface area (Å²) in [6.07, 6.45) is 5.19. The predicted molar refractivity (Wildman–Crippen MR) is 84.7 cm³/mol. The molecule has 0 amide bonds. The van der Waals surface area contributed by atoms with Crippen LogP contribution in [0.4, 0.5) is 0 Å². The molecular weight excluding hydrogens is 252 g/mol. The fourth-order valence-electron chi connectivity index (χ4n) is 2.22. The molecule has 20 heavy (non-hydrogen) atoms. The van der Waals surface area contributed by atoms with Gasteiger partial charge in [-0.2, -0.15) is 0 Å². The molecule has 120 valence electrons. The Bertz CT molecular complexity index is 267. The number of ether oxygens (including phenoxy) is 1. The number of hydrogen-bond acceptors (Lipinski definition) is 4. The second-order valence-electron chi connectivity index (χ2n) is 5.89. The van der Waals surface area contributed by atoms with Crippen molar-refractivity contribution in [3.05, 3.63) is 0 Å². The van der Waals surface area contributed by atoms with Crippen LogP contribution in [0.1, 0.15) is 66.7 Å². The SMILES string of the molecule is CCCCN(CCCC(C)(N)C(=O)OCC)C(C)CC. The third-order valence-electron chi connectivity index (χ3n) is 3.90. The van der Waals surface area contributed by atoms with Gasteiger partial charge < -0.3 is 15.4 Å². The van der Waals surface area contributed by atoms with Crippen molar-refractivity contribution in [1.82, 2.24) is 4.90 Å². The molecule has 0 aliphatic rings. The minimum Gasteiger partial charge on any atom is -0.465 e. The van der Waals surface area contributed by atoms with Crippen LogP contribution >= 0.6 is 0 Å². The van der Waals surface area contributed by atoms with Crippen LogP contribution in [-0.2, 0) is 9.53 Å². The Balaban J connectivity index is 4.24. The summed E-state index contributed by atoms with van der Waals surface area (Å²) < 4.78 is 5.02. The first-order valence-corrected chi connectivity index (χ1v) is 8.09. The Kier molecular flexibility index (Phi) is 9.86. The van der Waals surface area contributed by atoms with Gasteiger partial charge in [0.15, 0.2) is 0 Å². The smallest absolute Gasteiger partial charge is 0.325 e. The molecular formula is C16H34N2O2. The van der Waals surface area contributed by atoms with Gasteiger partial charge in [-0.3, -0.25) is 4.79 Å². The van der Waals surface area contributed by atoms with Crippen LogP contribution in [0.2, 0.25) is 0 Å². The summed E-state index contributed by atoms with van der Waals surface area (Å²) in [7, 11) is 0. The lowest BCUT2D eigenvalue weighted by Gasteiger charge is -2.30. The summed E-state index contributed by atoms with van der Waals surface area (Å²) >= 11 is 0. The van der Waals surface area contributed by atoms with E-state index in [-0.39, 0.29) is 5.97 Å². The minimum absolute atomic E-state index is 0.288. The fraction of sp³-hybridized carbons (Fsp3) is 0.938. The van der Waals surface area contributed by atoms with Crippen LogP contribution in [0.15, 0.2) is 0 Å². The molecule has 0 bridgehead atoms. The third kappa shape index (κ3) is 7.25. The van der Waals surface area contributed by atoms with Gasteiger partial charge in [-0.05, 0) is 59.5 Å². The monoisotopic (exact) mass is 286 g/mol. The lowest BCUT2D eigenvalue weighted by atomic mass is 9.97. The van der Waals surface area contributed by atoms with Crippen LogP contribution in [-0.4, -0.2) is 42.1 Å². The van der Waals surface area contributed by atoms with Gasteiger partial charge in [0.05, 0.1) is 6.61 Å². The van der Waals surface area contributed by atoms with Crippen LogP contribution in [0, 0.1) is 0 Å². The molecule has 0 radical (unpaired) electrons. The highest BCUT2D eigenvalue weighted by Crippen LogP contribution is 2.14. The Hall–Kier alpha value is -0.610. The lowest BCUT2D eigenvalue weighted by Crippen LogP contribution is -2.47. The molecule has 0 spiro atoms. The van der Waals surface area contributed by atoms with Crippen LogP contribution in [0.3, 0.4) is 0 Å². The molecule has 0 aliphatic heterocycles. The predicted octanol–water partition coefficient (Wildman–Crippen LogP) is 2.95. The maximum atomic E-state index is 11.7. The molecule has 0 saturated carbocycles. The summed E-state index contributed by atoms with van der Waals surface area (Å²) in [5.74, 6) is -0.288. The number of nitrogens with zero attached hydrogens (tertiary/aromatic N) is 1. The standard InChI is InChI=1S/C16H34N2O2/c1-6-9-12-18(14(4)7-2)13-10-11-16(5,17)15(19)20-8-3/h14H,6-13,17H2,1-5H3. The van der Waals surface area contributed by atoms with Gasteiger partial charge in [0.2, 0.25) is 0 Å². The van der Waals surface area contributed by atoms with E-state index in [1.165, 1.54) is 12.8 Å². The zero-order valence-electron chi connectivity index (χ0n) is 14.1. The first-order valence-electron chi connectivity index (χ1n) is 8.09. The van der Waals surface area contributed by atoms with Gasteiger partial charge in [-0.15, -0.1) is 0 Å².